The van der Waals surface area contributed by atoms with Crippen LogP contribution in [0.5, 0.6) is 5.75 Å². The van der Waals surface area contributed by atoms with Gasteiger partial charge in [0, 0.05) is 16.9 Å². The minimum absolute atomic E-state index is 0.172. The second-order valence-electron chi connectivity index (χ2n) is 4.46. The monoisotopic (exact) mass is 260 g/mol. The molecule has 94 valence electrons. The normalized spacial score (nSPS) is 15.2. The van der Waals surface area contributed by atoms with Crippen LogP contribution in [0.25, 0.3) is 0 Å². The smallest absolute Gasteiger partial charge is 0.127 e. The number of hydrogen-bond donors (Lipinski definition) is 1. The molecule has 1 aromatic carbocycles. The lowest BCUT2D eigenvalue weighted by atomic mass is 10.00. The maximum atomic E-state index is 5.79. The van der Waals surface area contributed by atoms with Crippen molar-refractivity contribution in [2.24, 2.45) is 0 Å². The number of thiazole rings is 1. The maximum absolute atomic E-state index is 5.79. The van der Waals surface area contributed by atoms with E-state index in [4.69, 9.17) is 4.74 Å². The van der Waals surface area contributed by atoms with Gasteiger partial charge in [-0.3, -0.25) is 0 Å². The van der Waals surface area contributed by atoms with Crippen molar-refractivity contribution in [1.82, 2.24) is 10.3 Å². The van der Waals surface area contributed by atoms with Gasteiger partial charge in [-0.25, -0.2) is 4.98 Å². The number of nitrogens with one attached hydrogen (secondary N) is 1. The zero-order valence-electron chi connectivity index (χ0n) is 10.6. The van der Waals surface area contributed by atoms with E-state index < -0.39 is 0 Å². The number of nitrogens with zero attached hydrogens (tertiary/aromatic N) is 1. The van der Waals surface area contributed by atoms with Crippen LogP contribution in [0.15, 0.2) is 23.7 Å². The third kappa shape index (κ3) is 1.82. The minimum Gasteiger partial charge on any atom is -0.493 e. The highest BCUT2D eigenvalue weighted by Gasteiger charge is 2.24. The highest BCUT2D eigenvalue weighted by atomic mass is 32.1. The van der Waals surface area contributed by atoms with Gasteiger partial charge in [0.2, 0.25) is 0 Å². The van der Waals surface area contributed by atoms with Gasteiger partial charge in [0.1, 0.15) is 5.75 Å². The first-order chi connectivity index (χ1) is 8.81. The Bertz CT molecular complexity index is 565. The minimum atomic E-state index is 0.172. The first-order valence-electron chi connectivity index (χ1n) is 6.13. The fourth-order valence-corrected chi connectivity index (χ4v) is 3.41. The molecule has 0 spiro atoms. The van der Waals surface area contributed by atoms with Crippen LogP contribution in [-0.2, 0) is 6.42 Å². The van der Waals surface area contributed by atoms with Gasteiger partial charge >= 0.3 is 0 Å². The predicted molar refractivity (Wildman–Crippen MR) is 73.4 cm³/mol. The molecule has 0 saturated heterocycles. The fourth-order valence-electron chi connectivity index (χ4n) is 2.48. The number of rotatable bonds is 3. The Morgan fingerprint density at radius 3 is 3.06 bits per heavy atom. The molecule has 0 amide bonds. The molecule has 1 unspecified atom stereocenters. The number of ether oxygens (including phenoxy) is 1. The highest BCUT2D eigenvalue weighted by Crippen LogP contribution is 2.37. The molecule has 1 aromatic heterocycles. The van der Waals surface area contributed by atoms with Crippen molar-refractivity contribution in [3.05, 3.63) is 45.4 Å². The second kappa shape index (κ2) is 4.71. The van der Waals surface area contributed by atoms with E-state index in [0.29, 0.717) is 0 Å². The molecule has 0 saturated carbocycles. The summed E-state index contributed by atoms with van der Waals surface area (Å²) in [6, 6.07) is 6.58. The van der Waals surface area contributed by atoms with Crippen LogP contribution in [0.2, 0.25) is 0 Å². The Morgan fingerprint density at radius 1 is 1.44 bits per heavy atom. The average Bonchev–Trinajstić information content (AvgIpc) is 3.00. The van der Waals surface area contributed by atoms with E-state index in [1.165, 1.54) is 16.0 Å². The number of benzene rings is 1. The van der Waals surface area contributed by atoms with Crippen LogP contribution in [0.3, 0.4) is 0 Å². The topological polar surface area (TPSA) is 34.1 Å². The van der Waals surface area contributed by atoms with E-state index in [1.807, 2.05) is 12.6 Å². The summed E-state index contributed by atoms with van der Waals surface area (Å²) in [5.74, 6) is 1.06. The summed E-state index contributed by atoms with van der Waals surface area (Å²) in [4.78, 5) is 5.61. The van der Waals surface area contributed by atoms with E-state index in [0.717, 1.165) is 24.5 Å². The summed E-state index contributed by atoms with van der Waals surface area (Å²) in [5, 5.41) is 3.38. The molecule has 1 N–H and O–H groups in total. The van der Waals surface area contributed by atoms with Crippen LogP contribution in [0, 0.1) is 6.92 Å². The first-order valence-corrected chi connectivity index (χ1v) is 7.01. The van der Waals surface area contributed by atoms with Gasteiger partial charge in [0.25, 0.3) is 0 Å². The number of aryl methyl sites for hydroxylation is 1. The molecule has 0 bridgehead atoms. The standard InChI is InChI=1S/C14H16N2OS/c1-9-14(18-8-16-9)12(15-2)11-5-3-4-10-6-7-17-13(10)11/h3-5,8,12,15H,6-7H2,1-2H3. The molecule has 3 nitrogen and oxygen atoms in total. The molecular formula is C14H16N2OS. The van der Waals surface area contributed by atoms with Gasteiger partial charge in [-0.1, -0.05) is 18.2 Å². The van der Waals surface area contributed by atoms with E-state index in [9.17, 15) is 0 Å². The van der Waals surface area contributed by atoms with E-state index in [1.54, 1.807) is 11.3 Å². The lowest BCUT2D eigenvalue weighted by molar-refractivity contribution is 0.351. The zero-order chi connectivity index (χ0) is 12.5. The average molecular weight is 260 g/mol. The molecule has 2 aromatic rings. The summed E-state index contributed by atoms with van der Waals surface area (Å²) in [6.45, 7) is 2.85. The van der Waals surface area contributed by atoms with Crippen molar-refractivity contribution in [1.29, 1.82) is 0 Å². The molecule has 1 atom stereocenters. The third-order valence-electron chi connectivity index (χ3n) is 3.39. The lowest BCUT2D eigenvalue weighted by Crippen LogP contribution is -2.18. The Morgan fingerprint density at radius 2 is 2.33 bits per heavy atom. The van der Waals surface area contributed by atoms with Gasteiger partial charge in [-0.05, 0) is 19.5 Å². The molecule has 2 heterocycles. The summed E-state index contributed by atoms with van der Waals surface area (Å²) >= 11 is 1.69. The van der Waals surface area contributed by atoms with Crippen LogP contribution in [0.4, 0.5) is 0 Å². The molecule has 1 aliphatic rings. The van der Waals surface area contributed by atoms with Gasteiger partial charge < -0.3 is 10.1 Å². The number of fused-ring (bicyclic) bond motifs is 1. The van der Waals surface area contributed by atoms with Crippen molar-refractivity contribution >= 4 is 11.3 Å². The molecule has 3 rings (SSSR count). The summed E-state index contributed by atoms with van der Waals surface area (Å²) < 4.78 is 5.79. The summed E-state index contributed by atoms with van der Waals surface area (Å²) in [7, 11) is 1.98. The van der Waals surface area contributed by atoms with E-state index >= 15 is 0 Å². The second-order valence-corrected chi connectivity index (χ2v) is 5.34. The predicted octanol–water partition coefficient (Wildman–Crippen LogP) is 2.70. The van der Waals surface area contributed by atoms with Crippen LogP contribution < -0.4 is 10.1 Å². The van der Waals surface area contributed by atoms with Crippen LogP contribution in [-0.4, -0.2) is 18.6 Å². The van der Waals surface area contributed by atoms with Crippen molar-refractivity contribution in [3.63, 3.8) is 0 Å². The Labute approximate surface area is 111 Å². The van der Waals surface area contributed by atoms with Crippen LogP contribution >= 0.6 is 11.3 Å². The molecule has 18 heavy (non-hydrogen) atoms. The maximum Gasteiger partial charge on any atom is 0.127 e. The Kier molecular flexibility index (Phi) is 3.06. The summed E-state index contributed by atoms with van der Waals surface area (Å²) in [6.07, 6.45) is 1.02. The molecule has 4 heteroatoms. The molecule has 0 aliphatic carbocycles. The number of para-hydroxylation sites is 1. The van der Waals surface area contributed by atoms with Gasteiger partial charge in [-0.15, -0.1) is 11.3 Å². The fraction of sp³-hybridized carbons (Fsp3) is 0.357. The molecule has 1 aliphatic heterocycles. The van der Waals surface area contributed by atoms with Crippen LogP contribution in [0.1, 0.15) is 27.7 Å². The van der Waals surface area contributed by atoms with Gasteiger partial charge in [-0.2, -0.15) is 0 Å². The quantitative estimate of drug-likeness (QED) is 0.921. The lowest BCUT2D eigenvalue weighted by Gasteiger charge is -2.18. The molecule has 0 radical (unpaired) electrons. The van der Waals surface area contributed by atoms with Crippen molar-refractivity contribution in [3.8, 4) is 5.75 Å². The zero-order valence-corrected chi connectivity index (χ0v) is 11.4. The number of aromatic nitrogens is 1. The first kappa shape index (κ1) is 11.7. The largest absolute Gasteiger partial charge is 0.493 e. The number of hydrogen-bond acceptors (Lipinski definition) is 4. The Balaban J connectivity index is 2.08. The van der Waals surface area contributed by atoms with E-state index in [2.05, 4.69) is 35.4 Å². The van der Waals surface area contributed by atoms with Crippen molar-refractivity contribution < 1.29 is 4.74 Å². The van der Waals surface area contributed by atoms with Crippen molar-refractivity contribution in [2.75, 3.05) is 13.7 Å². The third-order valence-corrected chi connectivity index (χ3v) is 4.39. The van der Waals surface area contributed by atoms with E-state index in [-0.39, 0.29) is 6.04 Å². The van der Waals surface area contributed by atoms with Gasteiger partial charge in [0.15, 0.2) is 0 Å². The SMILES string of the molecule is CNC(c1cccc2c1OCC2)c1scnc1C. The Hall–Kier alpha value is -1.39. The summed E-state index contributed by atoms with van der Waals surface area (Å²) in [5.41, 5.74) is 5.53. The molecular weight excluding hydrogens is 244 g/mol. The highest BCUT2D eigenvalue weighted by molar-refractivity contribution is 7.09. The van der Waals surface area contributed by atoms with Gasteiger partial charge in [0.05, 0.1) is 23.9 Å². The molecule has 0 fully saturated rings. The van der Waals surface area contributed by atoms with Crippen molar-refractivity contribution in [2.45, 2.75) is 19.4 Å².